The van der Waals surface area contributed by atoms with Gasteiger partial charge < -0.3 is 9.47 Å². The van der Waals surface area contributed by atoms with Crippen molar-refractivity contribution in [2.24, 2.45) is 7.05 Å². The van der Waals surface area contributed by atoms with Gasteiger partial charge in [-0.1, -0.05) is 0 Å². The number of aryl methyl sites for hydroxylation is 1. The van der Waals surface area contributed by atoms with Crippen molar-refractivity contribution >= 4 is 5.97 Å². The fourth-order valence-corrected chi connectivity index (χ4v) is 1.80. The molecule has 0 unspecified atom stereocenters. The summed E-state index contributed by atoms with van der Waals surface area (Å²) in [5.74, 6) is -0.390. The Morgan fingerprint density at radius 1 is 1.30 bits per heavy atom. The highest BCUT2D eigenvalue weighted by atomic mass is 19.4. The lowest BCUT2D eigenvalue weighted by atomic mass is 10.2. The molecule has 0 aromatic carbocycles. The SMILES string of the molecule is CCOC(=O)c1cnn(C)c1COc1ccc(C(F)(F)F)nc1. The largest absolute Gasteiger partial charge is 0.486 e. The van der Waals surface area contributed by atoms with Crippen LogP contribution in [-0.4, -0.2) is 27.3 Å². The van der Waals surface area contributed by atoms with Crippen molar-refractivity contribution in [3.8, 4) is 5.75 Å². The summed E-state index contributed by atoms with van der Waals surface area (Å²) in [6.45, 7) is 1.84. The molecule has 2 heterocycles. The van der Waals surface area contributed by atoms with Crippen molar-refractivity contribution in [2.45, 2.75) is 19.7 Å². The molecule has 0 radical (unpaired) electrons. The summed E-state index contributed by atoms with van der Waals surface area (Å²) < 4.78 is 49.0. The van der Waals surface area contributed by atoms with Gasteiger partial charge >= 0.3 is 12.1 Å². The molecule has 2 aromatic heterocycles. The Labute approximate surface area is 129 Å². The summed E-state index contributed by atoms with van der Waals surface area (Å²) in [6, 6.07) is 1.99. The predicted molar refractivity (Wildman–Crippen MR) is 72.7 cm³/mol. The lowest BCUT2D eigenvalue weighted by Gasteiger charge is -2.10. The first-order valence-corrected chi connectivity index (χ1v) is 6.67. The first-order valence-electron chi connectivity index (χ1n) is 6.67. The molecule has 9 heteroatoms. The second-order valence-electron chi connectivity index (χ2n) is 4.51. The number of esters is 1. The maximum absolute atomic E-state index is 12.4. The first kappa shape index (κ1) is 16.8. The number of carbonyl (C=O) groups is 1. The Bertz CT molecular complexity index is 681. The second-order valence-corrected chi connectivity index (χ2v) is 4.51. The van der Waals surface area contributed by atoms with Gasteiger partial charge in [-0.2, -0.15) is 18.3 Å². The Morgan fingerprint density at radius 3 is 2.61 bits per heavy atom. The van der Waals surface area contributed by atoms with Crippen molar-refractivity contribution in [3.63, 3.8) is 0 Å². The summed E-state index contributed by atoms with van der Waals surface area (Å²) in [7, 11) is 1.62. The number of hydrogen-bond donors (Lipinski definition) is 0. The summed E-state index contributed by atoms with van der Waals surface area (Å²) in [5.41, 5.74) is -0.310. The third kappa shape index (κ3) is 3.99. The van der Waals surface area contributed by atoms with Crippen molar-refractivity contribution in [2.75, 3.05) is 6.61 Å². The van der Waals surface area contributed by atoms with Gasteiger partial charge in [0.1, 0.15) is 23.6 Å². The molecular formula is C14H14F3N3O3. The van der Waals surface area contributed by atoms with Crippen molar-refractivity contribution in [3.05, 3.63) is 41.5 Å². The molecule has 0 spiro atoms. The molecule has 0 fully saturated rings. The normalized spacial score (nSPS) is 11.3. The summed E-state index contributed by atoms with van der Waals surface area (Å²) in [5, 5.41) is 3.95. The van der Waals surface area contributed by atoms with Crippen LogP contribution < -0.4 is 4.74 Å². The minimum absolute atomic E-state index is 0.0578. The Morgan fingerprint density at radius 2 is 2.04 bits per heavy atom. The number of halogens is 3. The van der Waals surface area contributed by atoms with Crippen LogP contribution >= 0.6 is 0 Å². The maximum atomic E-state index is 12.4. The van der Waals surface area contributed by atoms with Crippen LogP contribution in [0.1, 0.15) is 28.7 Å². The zero-order valence-electron chi connectivity index (χ0n) is 12.4. The molecule has 0 saturated heterocycles. The van der Waals surface area contributed by atoms with E-state index in [0.29, 0.717) is 5.69 Å². The van der Waals surface area contributed by atoms with Crippen LogP contribution in [0.2, 0.25) is 0 Å². The van der Waals surface area contributed by atoms with Crippen molar-refractivity contribution < 1.29 is 27.4 Å². The summed E-state index contributed by atoms with van der Waals surface area (Å²) in [4.78, 5) is 15.1. The predicted octanol–water partition coefficient (Wildman–Crippen LogP) is 2.59. The van der Waals surface area contributed by atoms with Gasteiger partial charge in [-0.15, -0.1) is 0 Å². The lowest BCUT2D eigenvalue weighted by Crippen LogP contribution is -2.11. The van der Waals surface area contributed by atoms with E-state index < -0.39 is 17.8 Å². The van der Waals surface area contributed by atoms with E-state index in [4.69, 9.17) is 9.47 Å². The highest BCUT2D eigenvalue weighted by Crippen LogP contribution is 2.28. The minimum Gasteiger partial charge on any atom is -0.486 e. The molecule has 124 valence electrons. The Balaban J connectivity index is 2.09. The van der Waals surface area contributed by atoms with Crippen LogP contribution in [0.5, 0.6) is 5.75 Å². The van der Waals surface area contributed by atoms with Crippen molar-refractivity contribution in [1.82, 2.24) is 14.8 Å². The van der Waals surface area contributed by atoms with Gasteiger partial charge in [-0.3, -0.25) is 4.68 Å². The molecule has 0 saturated carbocycles. The van der Waals surface area contributed by atoms with E-state index >= 15 is 0 Å². The van der Waals surface area contributed by atoms with Crippen LogP contribution in [-0.2, 0) is 24.6 Å². The summed E-state index contributed by atoms with van der Waals surface area (Å²) in [6.07, 6.45) is -2.18. The number of pyridine rings is 1. The van der Waals surface area contributed by atoms with E-state index in [1.165, 1.54) is 10.9 Å². The van der Waals surface area contributed by atoms with E-state index in [1.54, 1.807) is 14.0 Å². The third-order valence-electron chi connectivity index (χ3n) is 2.96. The smallest absolute Gasteiger partial charge is 0.433 e. The second kappa shape index (κ2) is 6.67. The Hall–Kier alpha value is -2.58. The van der Waals surface area contributed by atoms with E-state index in [2.05, 4.69) is 10.1 Å². The van der Waals surface area contributed by atoms with Crippen LogP contribution in [0.25, 0.3) is 0 Å². The number of rotatable bonds is 5. The molecule has 0 aliphatic rings. The van der Waals surface area contributed by atoms with Gasteiger partial charge in [-0.05, 0) is 19.1 Å². The van der Waals surface area contributed by atoms with Gasteiger partial charge in [0.2, 0.25) is 0 Å². The molecule has 0 aliphatic heterocycles. The quantitative estimate of drug-likeness (QED) is 0.789. The monoisotopic (exact) mass is 329 g/mol. The maximum Gasteiger partial charge on any atom is 0.433 e. The third-order valence-corrected chi connectivity index (χ3v) is 2.96. The zero-order valence-corrected chi connectivity index (χ0v) is 12.4. The van der Waals surface area contributed by atoms with E-state index in [1.807, 2.05) is 0 Å². The molecule has 0 N–H and O–H groups in total. The molecule has 2 rings (SSSR count). The van der Waals surface area contributed by atoms with Gasteiger partial charge in [0.15, 0.2) is 0 Å². The molecule has 0 bridgehead atoms. The zero-order chi connectivity index (χ0) is 17.0. The molecule has 0 amide bonds. The molecule has 23 heavy (non-hydrogen) atoms. The highest BCUT2D eigenvalue weighted by Gasteiger charge is 2.32. The number of nitrogens with zero attached hydrogens (tertiary/aromatic N) is 3. The van der Waals surface area contributed by atoms with Crippen LogP contribution in [0.4, 0.5) is 13.2 Å². The van der Waals surface area contributed by atoms with Crippen LogP contribution in [0.3, 0.4) is 0 Å². The van der Waals surface area contributed by atoms with Gasteiger partial charge in [0.25, 0.3) is 0 Å². The van der Waals surface area contributed by atoms with Crippen LogP contribution in [0.15, 0.2) is 24.5 Å². The standard InChI is InChI=1S/C14H14F3N3O3/c1-3-22-13(21)10-7-19-20(2)11(10)8-23-9-4-5-12(18-6-9)14(15,16)17/h4-7H,3,8H2,1-2H3. The topological polar surface area (TPSA) is 66.2 Å². The van der Waals surface area contributed by atoms with Crippen LogP contribution in [0, 0.1) is 0 Å². The summed E-state index contributed by atoms with van der Waals surface area (Å²) >= 11 is 0. The molecule has 6 nitrogen and oxygen atoms in total. The molecule has 0 atom stereocenters. The Kier molecular flexibility index (Phi) is 4.87. The average molecular weight is 329 g/mol. The molecule has 0 aliphatic carbocycles. The molecular weight excluding hydrogens is 315 g/mol. The van der Waals surface area contributed by atoms with Crippen molar-refractivity contribution in [1.29, 1.82) is 0 Å². The fraction of sp³-hybridized carbons (Fsp3) is 0.357. The minimum atomic E-state index is -4.50. The first-order chi connectivity index (χ1) is 10.8. The van der Waals surface area contributed by atoms with Gasteiger partial charge in [0.05, 0.1) is 24.7 Å². The number of aromatic nitrogens is 3. The van der Waals surface area contributed by atoms with Gasteiger partial charge in [0, 0.05) is 7.05 Å². The number of hydrogen-bond acceptors (Lipinski definition) is 5. The van der Waals surface area contributed by atoms with E-state index in [-0.39, 0.29) is 24.5 Å². The lowest BCUT2D eigenvalue weighted by molar-refractivity contribution is -0.141. The number of alkyl halides is 3. The highest BCUT2D eigenvalue weighted by molar-refractivity contribution is 5.90. The average Bonchev–Trinajstić information content (AvgIpc) is 2.86. The molecule has 2 aromatic rings. The number of ether oxygens (including phenoxy) is 2. The van der Waals surface area contributed by atoms with Gasteiger partial charge in [-0.25, -0.2) is 9.78 Å². The number of carbonyl (C=O) groups excluding carboxylic acids is 1. The van der Waals surface area contributed by atoms with E-state index in [9.17, 15) is 18.0 Å². The fourth-order valence-electron chi connectivity index (χ4n) is 1.80. The van der Waals surface area contributed by atoms with E-state index in [0.717, 1.165) is 18.3 Å².